The highest BCUT2D eigenvalue weighted by molar-refractivity contribution is 8.03. The van der Waals surface area contributed by atoms with Crippen LogP contribution in [-0.4, -0.2) is 28.2 Å². The van der Waals surface area contributed by atoms with E-state index >= 15 is 0 Å². The average Bonchev–Trinajstić information content (AvgIpc) is 2.86. The lowest BCUT2D eigenvalue weighted by atomic mass is 9.80. The summed E-state index contributed by atoms with van der Waals surface area (Å²) in [5.41, 5.74) is 5.92. The van der Waals surface area contributed by atoms with Crippen molar-refractivity contribution in [2.24, 2.45) is 17.6 Å². The van der Waals surface area contributed by atoms with Gasteiger partial charge in [0.1, 0.15) is 0 Å². The van der Waals surface area contributed by atoms with Gasteiger partial charge in [0, 0.05) is 5.25 Å². The van der Waals surface area contributed by atoms with E-state index in [-0.39, 0.29) is 0 Å². The van der Waals surface area contributed by atoms with Crippen molar-refractivity contribution in [2.45, 2.75) is 46.5 Å². The van der Waals surface area contributed by atoms with Gasteiger partial charge in [0.2, 0.25) is 0 Å². The number of aromatic nitrogens is 2. The van der Waals surface area contributed by atoms with Gasteiger partial charge in [-0.1, -0.05) is 54.6 Å². The molecule has 1 aromatic rings. The second-order valence-electron chi connectivity index (χ2n) is 4.78. The molecule has 1 aliphatic rings. The maximum Gasteiger partial charge on any atom is 0.175 e. The monoisotopic (exact) mass is 303 g/mol. The Morgan fingerprint density at radius 2 is 2.11 bits per heavy atom. The molecule has 3 nitrogen and oxygen atoms in total. The van der Waals surface area contributed by atoms with Crippen LogP contribution in [0.1, 0.15) is 32.6 Å². The first-order valence-electron chi connectivity index (χ1n) is 6.51. The molecule has 3 atom stereocenters. The highest BCUT2D eigenvalue weighted by atomic mass is 32.2. The Balaban J connectivity index is 1.99. The third-order valence-corrected chi connectivity index (χ3v) is 7.13. The Kier molecular flexibility index (Phi) is 5.79. The molecule has 1 heterocycles. The van der Waals surface area contributed by atoms with E-state index in [4.69, 9.17) is 5.73 Å². The van der Waals surface area contributed by atoms with Gasteiger partial charge < -0.3 is 5.73 Å². The summed E-state index contributed by atoms with van der Waals surface area (Å²) in [6.07, 6.45) is 7.26. The van der Waals surface area contributed by atoms with Gasteiger partial charge in [-0.25, -0.2) is 0 Å². The zero-order valence-corrected chi connectivity index (χ0v) is 13.4. The number of hydrogen-bond donors (Lipinski definition) is 1. The number of thioether (sulfide) groups is 2. The molecule has 18 heavy (non-hydrogen) atoms. The van der Waals surface area contributed by atoms with Gasteiger partial charge in [0.05, 0.1) is 0 Å². The lowest BCUT2D eigenvalue weighted by Gasteiger charge is -2.34. The normalized spacial score (nSPS) is 28.5. The molecule has 0 bridgehead atoms. The molecule has 1 fully saturated rings. The first-order chi connectivity index (χ1) is 8.76. The van der Waals surface area contributed by atoms with E-state index in [1.165, 1.54) is 25.7 Å². The van der Waals surface area contributed by atoms with E-state index in [9.17, 15) is 0 Å². The molecule has 0 spiro atoms. The summed E-state index contributed by atoms with van der Waals surface area (Å²) in [7, 11) is 0. The molecule has 3 unspecified atom stereocenters. The standard InChI is InChI=1S/C12H21N3S3/c1-3-8-4-5-9(7-13)10(6-8)17-12-15-14-11(16-2)18-12/h8-10H,3-7,13H2,1-2H3. The lowest BCUT2D eigenvalue weighted by molar-refractivity contribution is 0.283. The predicted molar refractivity (Wildman–Crippen MR) is 81.5 cm³/mol. The second kappa shape index (κ2) is 7.12. The van der Waals surface area contributed by atoms with Crippen molar-refractivity contribution in [3.8, 4) is 0 Å². The van der Waals surface area contributed by atoms with Crippen LogP contribution in [0, 0.1) is 11.8 Å². The predicted octanol–water partition coefficient (Wildman–Crippen LogP) is 3.51. The average molecular weight is 304 g/mol. The van der Waals surface area contributed by atoms with Crippen molar-refractivity contribution in [1.82, 2.24) is 10.2 Å². The lowest BCUT2D eigenvalue weighted by Crippen LogP contribution is -2.32. The van der Waals surface area contributed by atoms with E-state index in [1.54, 1.807) is 23.1 Å². The van der Waals surface area contributed by atoms with Crippen LogP contribution in [0.25, 0.3) is 0 Å². The Labute approximate surface area is 122 Å². The SMILES string of the molecule is CCC1CCC(CN)C(Sc2nnc(SC)s2)C1. The molecular weight excluding hydrogens is 282 g/mol. The van der Waals surface area contributed by atoms with Crippen molar-refractivity contribution in [2.75, 3.05) is 12.8 Å². The molecule has 6 heteroatoms. The molecule has 1 saturated carbocycles. The van der Waals surface area contributed by atoms with Gasteiger partial charge in [0.25, 0.3) is 0 Å². The third-order valence-electron chi connectivity index (χ3n) is 3.73. The summed E-state index contributed by atoms with van der Waals surface area (Å²) in [6, 6.07) is 0. The minimum absolute atomic E-state index is 0.636. The highest BCUT2D eigenvalue weighted by Gasteiger charge is 2.30. The number of rotatable bonds is 5. The fraction of sp³-hybridized carbons (Fsp3) is 0.833. The van der Waals surface area contributed by atoms with Gasteiger partial charge >= 0.3 is 0 Å². The van der Waals surface area contributed by atoms with Gasteiger partial charge in [-0.15, -0.1) is 10.2 Å². The van der Waals surface area contributed by atoms with Crippen molar-refractivity contribution in [3.63, 3.8) is 0 Å². The molecule has 0 radical (unpaired) electrons. The van der Waals surface area contributed by atoms with Crippen LogP contribution in [0.5, 0.6) is 0 Å². The maximum absolute atomic E-state index is 5.92. The van der Waals surface area contributed by atoms with Gasteiger partial charge in [0.15, 0.2) is 8.68 Å². The number of hydrogen-bond acceptors (Lipinski definition) is 6. The van der Waals surface area contributed by atoms with Crippen LogP contribution in [0.15, 0.2) is 8.68 Å². The number of nitrogens with zero attached hydrogens (tertiary/aromatic N) is 2. The Bertz CT molecular complexity index is 369. The molecule has 0 aromatic carbocycles. The molecule has 2 rings (SSSR count). The van der Waals surface area contributed by atoms with Crippen molar-refractivity contribution >= 4 is 34.9 Å². The minimum Gasteiger partial charge on any atom is -0.330 e. The summed E-state index contributed by atoms with van der Waals surface area (Å²) in [4.78, 5) is 0. The summed E-state index contributed by atoms with van der Waals surface area (Å²) in [5, 5.41) is 9.08. The summed E-state index contributed by atoms with van der Waals surface area (Å²) in [6.45, 7) is 3.11. The molecule has 1 aromatic heterocycles. The summed E-state index contributed by atoms with van der Waals surface area (Å²) < 4.78 is 2.17. The highest BCUT2D eigenvalue weighted by Crippen LogP contribution is 2.41. The van der Waals surface area contributed by atoms with Crippen LogP contribution in [0.3, 0.4) is 0 Å². The quantitative estimate of drug-likeness (QED) is 0.844. The van der Waals surface area contributed by atoms with Crippen molar-refractivity contribution in [3.05, 3.63) is 0 Å². The topological polar surface area (TPSA) is 51.8 Å². The van der Waals surface area contributed by atoms with E-state index in [0.29, 0.717) is 11.2 Å². The molecule has 102 valence electrons. The van der Waals surface area contributed by atoms with Crippen molar-refractivity contribution < 1.29 is 0 Å². The first-order valence-corrected chi connectivity index (χ1v) is 9.43. The molecule has 1 aliphatic carbocycles. The maximum atomic E-state index is 5.92. The zero-order valence-electron chi connectivity index (χ0n) is 11.0. The zero-order chi connectivity index (χ0) is 13.0. The molecule has 0 saturated heterocycles. The van der Waals surface area contributed by atoms with E-state index in [0.717, 1.165) is 21.1 Å². The Morgan fingerprint density at radius 3 is 2.72 bits per heavy atom. The van der Waals surface area contributed by atoms with Crippen LogP contribution in [0.4, 0.5) is 0 Å². The van der Waals surface area contributed by atoms with E-state index < -0.39 is 0 Å². The minimum atomic E-state index is 0.636. The molecule has 0 aliphatic heterocycles. The smallest absolute Gasteiger partial charge is 0.175 e. The van der Waals surface area contributed by atoms with Gasteiger partial charge in [-0.3, -0.25) is 0 Å². The molecule has 2 N–H and O–H groups in total. The largest absolute Gasteiger partial charge is 0.330 e. The van der Waals surface area contributed by atoms with Gasteiger partial charge in [-0.05, 0) is 37.5 Å². The van der Waals surface area contributed by atoms with Crippen LogP contribution in [0.2, 0.25) is 0 Å². The molecular formula is C12H21N3S3. The van der Waals surface area contributed by atoms with Gasteiger partial charge in [-0.2, -0.15) is 0 Å². The Hall–Kier alpha value is 0.220. The van der Waals surface area contributed by atoms with Crippen LogP contribution >= 0.6 is 34.9 Å². The van der Waals surface area contributed by atoms with Crippen LogP contribution in [-0.2, 0) is 0 Å². The van der Waals surface area contributed by atoms with Crippen molar-refractivity contribution in [1.29, 1.82) is 0 Å². The van der Waals surface area contributed by atoms with Crippen LogP contribution < -0.4 is 5.73 Å². The number of nitrogens with two attached hydrogens (primary N) is 1. The molecule has 0 amide bonds. The van der Waals surface area contributed by atoms with E-state index in [2.05, 4.69) is 17.1 Å². The second-order valence-corrected chi connectivity index (χ2v) is 8.29. The fourth-order valence-corrected chi connectivity index (χ4v) is 5.63. The fourth-order valence-electron chi connectivity index (χ4n) is 2.52. The first kappa shape index (κ1) is 14.6. The Morgan fingerprint density at radius 1 is 1.33 bits per heavy atom. The third kappa shape index (κ3) is 3.62. The van der Waals surface area contributed by atoms with E-state index in [1.807, 2.05) is 18.0 Å². The summed E-state index contributed by atoms with van der Waals surface area (Å²) >= 11 is 5.29. The summed E-state index contributed by atoms with van der Waals surface area (Å²) in [5.74, 6) is 1.53.